The minimum absolute atomic E-state index is 0.115. The van der Waals surface area contributed by atoms with E-state index in [0.29, 0.717) is 17.1 Å². The maximum atomic E-state index is 9.82. The monoisotopic (exact) mass is 287 g/mol. The van der Waals surface area contributed by atoms with Gasteiger partial charge < -0.3 is 14.3 Å². The highest BCUT2D eigenvalue weighted by Crippen LogP contribution is 2.27. The summed E-state index contributed by atoms with van der Waals surface area (Å²) in [6.45, 7) is 0.535. The van der Waals surface area contributed by atoms with Crippen LogP contribution in [0.3, 0.4) is 0 Å². The molecule has 1 aromatic heterocycles. The van der Waals surface area contributed by atoms with Gasteiger partial charge >= 0.3 is 0 Å². The summed E-state index contributed by atoms with van der Waals surface area (Å²) < 4.78 is 12.5. The van der Waals surface area contributed by atoms with Crippen LogP contribution in [0.5, 0.6) is 11.5 Å². The summed E-state index contributed by atoms with van der Waals surface area (Å²) in [5.41, 5.74) is 2.62. The minimum Gasteiger partial charge on any atom is -0.504 e. The molecule has 20 heavy (non-hydrogen) atoms. The number of benzene rings is 2. The first kappa shape index (κ1) is 12.7. The molecular formula is C15H13NO3S. The lowest BCUT2D eigenvalue weighted by Crippen LogP contribution is -1.99. The standard InChI is InChI=1S/C15H13NO3S/c1-18-14-7-6-10(8-12(14)17)9-16-11-4-2-3-5-13(11)19-15(16)20/h2-8,17H,9H2,1H3. The van der Waals surface area contributed by atoms with Crippen molar-refractivity contribution in [3.8, 4) is 11.5 Å². The molecular weight excluding hydrogens is 274 g/mol. The highest BCUT2D eigenvalue weighted by atomic mass is 32.1. The summed E-state index contributed by atoms with van der Waals surface area (Å²) in [5, 5.41) is 9.82. The van der Waals surface area contributed by atoms with E-state index in [1.54, 1.807) is 12.1 Å². The number of hydrogen-bond acceptors (Lipinski definition) is 4. The summed E-state index contributed by atoms with van der Waals surface area (Å²) in [5.74, 6) is 0.568. The van der Waals surface area contributed by atoms with Crippen LogP contribution in [-0.2, 0) is 6.54 Å². The van der Waals surface area contributed by atoms with Crippen LogP contribution in [0.25, 0.3) is 11.1 Å². The smallest absolute Gasteiger partial charge is 0.269 e. The number of methoxy groups -OCH3 is 1. The van der Waals surface area contributed by atoms with Crippen LogP contribution in [0.2, 0.25) is 0 Å². The van der Waals surface area contributed by atoms with Crippen molar-refractivity contribution in [2.45, 2.75) is 6.54 Å². The number of hydrogen-bond donors (Lipinski definition) is 1. The van der Waals surface area contributed by atoms with E-state index in [0.717, 1.165) is 16.7 Å². The van der Waals surface area contributed by atoms with E-state index < -0.39 is 0 Å². The van der Waals surface area contributed by atoms with Gasteiger partial charge in [-0.3, -0.25) is 4.57 Å². The SMILES string of the molecule is COc1ccc(Cn2c(=S)oc3ccccc32)cc1O. The molecule has 102 valence electrons. The lowest BCUT2D eigenvalue weighted by molar-refractivity contribution is 0.373. The van der Waals surface area contributed by atoms with Crippen LogP contribution in [0.15, 0.2) is 46.9 Å². The Hall–Kier alpha value is -2.27. The Labute approximate surface area is 120 Å². The van der Waals surface area contributed by atoms with Crippen molar-refractivity contribution in [3.05, 3.63) is 52.9 Å². The lowest BCUT2D eigenvalue weighted by atomic mass is 10.2. The quantitative estimate of drug-likeness (QED) is 0.746. The van der Waals surface area contributed by atoms with Crippen molar-refractivity contribution in [2.24, 2.45) is 0 Å². The molecule has 3 aromatic rings. The van der Waals surface area contributed by atoms with Gasteiger partial charge in [0.1, 0.15) is 0 Å². The number of para-hydroxylation sites is 2. The maximum Gasteiger partial charge on any atom is 0.269 e. The minimum atomic E-state index is 0.115. The molecule has 0 amide bonds. The molecule has 0 spiro atoms. The molecule has 0 radical (unpaired) electrons. The highest BCUT2D eigenvalue weighted by molar-refractivity contribution is 7.71. The molecule has 0 aliphatic rings. The predicted molar refractivity (Wildman–Crippen MR) is 78.8 cm³/mol. The molecule has 0 fully saturated rings. The topological polar surface area (TPSA) is 47.5 Å². The van der Waals surface area contributed by atoms with Crippen LogP contribution in [0.4, 0.5) is 0 Å². The summed E-state index contributed by atoms with van der Waals surface area (Å²) in [7, 11) is 1.52. The molecule has 2 aromatic carbocycles. The Kier molecular flexibility index (Phi) is 3.20. The Balaban J connectivity index is 2.03. The fraction of sp³-hybridized carbons (Fsp3) is 0.133. The molecule has 5 heteroatoms. The Morgan fingerprint density at radius 2 is 2.05 bits per heavy atom. The molecule has 0 saturated heterocycles. The van der Waals surface area contributed by atoms with Gasteiger partial charge in [0.25, 0.3) is 4.84 Å². The van der Waals surface area contributed by atoms with Gasteiger partial charge in [0.2, 0.25) is 0 Å². The van der Waals surface area contributed by atoms with Crippen molar-refractivity contribution in [1.29, 1.82) is 0 Å². The predicted octanol–water partition coefficient (Wildman–Crippen LogP) is 3.73. The number of phenols is 1. The molecule has 4 nitrogen and oxygen atoms in total. The number of aromatic nitrogens is 1. The van der Waals surface area contributed by atoms with E-state index in [2.05, 4.69) is 0 Å². The van der Waals surface area contributed by atoms with Gasteiger partial charge in [0, 0.05) is 0 Å². The van der Waals surface area contributed by atoms with Crippen LogP contribution >= 0.6 is 12.2 Å². The number of ether oxygens (including phenoxy) is 1. The number of oxazole rings is 1. The van der Waals surface area contributed by atoms with E-state index in [4.69, 9.17) is 21.4 Å². The number of aromatic hydroxyl groups is 1. The number of rotatable bonds is 3. The van der Waals surface area contributed by atoms with Gasteiger partial charge in [-0.2, -0.15) is 0 Å². The fourth-order valence-electron chi connectivity index (χ4n) is 2.18. The Bertz CT molecular complexity index is 819. The molecule has 0 unspecified atom stereocenters. The van der Waals surface area contributed by atoms with Gasteiger partial charge in [-0.15, -0.1) is 0 Å². The zero-order chi connectivity index (χ0) is 14.1. The van der Waals surface area contributed by atoms with E-state index in [1.807, 2.05) is 34.9 Å². The third-order valence-corrected chi connectivity index (χ3v) is 3.46. The fourth-order valence-corrected chi connectivity index (χ4v) is 2.43. The van der Waals surface area contributed by atoms with Gasteiger partial charge in [-0.05, 0) is 42.0 Å². The van der Waals surface area contributed by atoms with Crippen LogP contribution in [0.1, 0.15) is 5.56 Å². The molecule has 0 aliphatic heterocycles. The Morgan fingerprint density at radius 3 is 2.80 bits per heavy atom. The van der Waals surface area contributed by atoms with Crippen molar-refractivity contribution >= 4 is 23.3 Å². The largest absolute Gasteiger partial charge is 0.504 e. The number of fused-ring (bicyclic) bond motifs is 1. The number of nitrogens with zero attached hydrogens (tertiary/aromatic N) is 1. The van der Waals surface area contributed by atoms with Gasteiger partial charge in [0.15, 0.2) is 17.1 Å². The second-order valence-electron chi connectivity index (χ2n) is 4.43. The second kappa shape index (κ2) is 5.02. The van der Waals surface area contributed by atoms with Crippen molar-refractivity contribution in [2.75, 3.05) is 7.11 Å². The highest BCUT2D eigenvalue weighted by Gasteiger charge is 2.08. The Morgan fingerprint density at radius 1 is 1.25 bits per heavy atom. The van der Waals surface area contributed by atoms with Crippen molar-refractivity contribution < 1.29 is 14.3 Å². The van der Waals surface area contributed by atoms with Crippen LogP contribution in [-0.4, -0.2) is 16.8 Å². The molecule has 0 saturated carbocycles. The van der Waals surface area contributed by atoms with Crippen molar-refractivity contribution in [3.63, 3.8) is 0 Å². The second-order valence-corrected chi connectivity index (χ2v) is 4.78. The summed E-state index contributed by atoms with van der Waals surface area (Å²) in [6, 6.07) is 13.0. The first-order valence-electron chi connectivity index (χ1n) is 6.13. The van der Waals surface area contributed by atoms with Crippen LogP contribution in [0, 0.1) is 4.84 Å². The molecule has 1 heterocycles. The number of phenolic OH excluding ortho intramolecular Hbond substituents is 1. The molecule has 0 bridgehead atoms. The van der Waals surface area contributed by atoms with E-state index in [1.165, 1.54) is 7.11 Å². The normalized spacial score (nSPS) is 10.8. The van der Waals surface area contributed by atoms with E-state index >= 15 is 0 Å². The average Bonchev–Trinajstić information content (AvgIpc) is 2.76. The maximum absolute atomic E-state index is 9.82. The third-order valence-electron chi connectivity index (χ3n) is 3.16. The van der Waals surface area contributed by atoms with Crippen molar-refractivity contribution in [1.82, 2.24) is 4.57 Å². The third kappa shape index (κ3) is 2.16. The first-order chi connectivity index (χ1) is 9.69. The zero-order valence-corrected chi connectivity index (χ0v) is 11.7. The van der Waals surface area contributed by atoms with Crippen LogP contribution < -0.4 is 4.74 Å². The average molecular weight is 287 g/mol. The van der Waals surface area contributed by atoms with E-state index in [-0.39, 0.29) is 5.75 Å². The van der Waals surface area contributed by atoms with Gasteiger partial charge in [-0.1, -0.05) is 18.2 Å². The van der Waals surface area contributed by atoms with Gasteiger partial charge in [-0.25, -0.2) is 0 Å². The summed E-state index contributed by atoms with van der Waals surface area (Å²) in [4.78, 5) is 0.418. The van der Waals surface area contributed by atoms with Gasteiger partial charge in [0.05, 0.1) is 19.2 Å². The molecule has 0 aliphatic carbocycles. The summed E-state index contributed by atoms with van der Waals surface area (Å²) in [6.07, 6.45) is 0. The lowest BCUT2D eigenvalue weighted by Gasteiger charge is -2.07. The molecule has 3 rings (SSSR count). The first-order valence-corrected chi connectivity index (χ1v) is 6.54. The summed E-state index contributed by atoms with van der Waals surface area (Å²) >= 11 is 5.24. The molecule has 0 atom stereocenters. The molecule has 1 N–H and O–H groups in total. The van der Waals surface area contributed by atoms with E-state index in [9.17, 15) is 5.11 Å². The zero-order valence-electron chi connectivity index (χ0n) is 10.9.